The zero-order valence-corrected chi connectivity index (χ0v) is 10.6. The lowest BCUT2D eigenvalue weighted by Gasteiger charge is -2.10. The van der Waals surface area contributed by atoms with Crippen LogP contribution < -0.4 is 5.73 Å². The van der Waals surface area contributed by atoms with Crippen LogP contribution in [0, 0.1) is 6.92 Å². The van der Waals surface area contributed by atoms with Crippen LogP contribution in [0.15, 0.2) is 24.3 Å². The Labute approximate surface area is 109 Å². The van der Waals surface area contributed by atoms with Crippen LogP contribution in [-0.2, 0) is 11.2 Å². The molecule has 0 radical (unpaired) electrons. The molecule has 0 aliphatic carbocycles. The molecular formula is C13H13ClN2O2. The van der Waals surface area contributed by atoms with Gasteiger partial charge in [-0.15, -0.1) is 0 Å². The zero-order valence-electron chi connectivity index (χ0n) is 9.85. The van der Waals surface area contributed by atoms with Gasteiger partial charge in [0.25, 0.3) is 0 Å². The van der Waals surface area contributed by atoms with Crippen molar-refractivity contribution in [3.63, 3.8) is 0 Å². The molecule has 0 aliphatic rings. The molecule has 2 aromatic rings. The molecule has 94 valence electrons. The molecule has 18 heavy (non-hydrogen) atoms. The number of hydrogen-bond donors (Lipinski definition) is 2. The topological polar surface area (TPSA) is 76.2 Å². The number of nitrogens with two attached hydrogens (primary N) is 1. The zero-order chi connectivity index (χ0) is 13.3. The van der Waals surface area contributed by atoms with Crippen LogP contribution in [0.4, 0.5) is 0 Å². The van der Waals surface area contributed by atoms with Gasteiger partial charge in [-0.2, -0.15) is 0 Å². The van der Waals surface area contributed by atoms with Gasteiger partial charge in [-0.3, -0.25) is 4.79 Å². The molecule has 1 atom stereocenters. The second-order valence-electron chi connectivity index (χ2n) is 4.23. The number of aromatic nitrogens is 1. The average Bonchev–Trinajstić information content (AvgIpc) is 2.31. The van der Waals surface area contributed by atoms with Crippen molar-refractivity contribution in [1.29, 1.82) is 0 Å². The highest BCUT2D eigenvalue weighted by molar-refractivity contribution is 6.30. The molecule has 0 bridgehead atoms. The molecule has 1 unspecified atom stereocenters. The van der Waals surface area contributed by atoms with E-state index >= 15 is 0 Å². The summed E-state index contributed by atoms with van der Waals surface area (Å²) in [5.74, 6) is -1.05. The minimum atomic E-state index is -1.05. The van der Waals surface area contributed by atoms with Crippen molar-refractivity contribution < 1.29 is 9.90 Å². The molecule has 0 fully saturated rings. The highest BCUT2D eigenvalue weighted by atomic mass is 35.5. The number of rotatable bonds is 3. The summed E-state index contributed by atoms with van der Waals surface area (Å²) in [5, 5.41) is 10.1. The Balaban J connectivity index is 2.47. The third-order valence-corrected chi connectivity index (χ3v) is 3.16. The van der Waals surface area contributed by atoms with Crippen LogP contribution >= 0.6 is 11.6 Å². The van der Waals surface area contributed by atoms with Gasteiger partial charge in [0.05, 0.1) is 5.52 Å². The van der Waals surface area contributed by atoms with Gasteiger partial charge in [-0.05, 0) is 24.1 Å². The van der Waals surface area contributed by atoms with E-state index in [9.17, 15) is 4.79 Å². The molecule has 1 aromatic heterocycles. The number of aliphatic carboxylic acids is 1. The van der Waals surface area contributed by atoms with E-state index in [-0.39, 0.29) is 6.42 Å². The molecule has 1 heterocycles. The normalized spacial score (nSPS) is 12.6. The van der Waals surface area contributed by atoms with Crippen LogP contribution in [0.1, 0.15) is 11.1 Å². The number of carboxylic acid groups (broad SMARTS) is 1. The summed E-state index contributed by atoms with van der Waals surface area (Å²) in [6.07, 6.45) is 0.172. The molecule has 0 spiro atoms. The Hall–Kier alpha value is -1.65. The average molecular weight is 265 g/mol. The minimum absolute atomic E-state index is 0.172. The molecule has 0 amide bonds. The first kappa shape index (κ1) is 12.8. The van der Waals surface area contributed by atoms with Crippen LogP contribution in [-0.4, -0.2) is 22.1 Å². The SMILES string of the molecule is Cc1cccc2cc(CC(N)C(=O)O)c(Cl)nc12. The molecule has 0 saturated heterocycles. The molecular weight excluding hydrogens is 252 g/mol. The van der Waals surface area contributed by atoms with E-state index in [1.807, 2.05) is 31.2 Å². The Morgan fingerprint density at radius 2 is 2.28 bits per heavy atom. The lowest BCUT2D eigenvalue weighted by Crippen LogP contribution is -2.32. The molecule has 0 aliphatic heterocycles. The molecule has 1 aromatic carbocycles. The molecule has 3 N–H and O–H groups in total. The second-order valence-corrected chi connectivity index (χ2v) is 4.59. The lowest BCUT2D eigenvalue weighted by molar-refractivity contribution is -0.138. The summed E-state index contributed by atoms with van der Waals surface area (Å²) in [6, 6.07) is 6.68. The van der Waals surface area contributed by atoms with E-state index in [0.29, 0.717) is 10.7 Å². The van der Waals surface area contributed by atoms with E-state index in [1.54, 1.807) is 0 Å². The Morgan fingerprint density at radius 3 is 2.94 bits per heavy atom. The maximum Gasteiger partial charge on any atom is 0.320 e. The van der Waals surface area contributed by atoms with Crippen molar-refractivity contribution in [2.75, 3.05) is 0 Å². The van der Waals surface area contributed by atoms with Crippen molar-refractivity contribution in [3.8, 4) is 0 Å². The standard InChI is InChI=1S/C13H13ClN2O2/c1-7-3-2-4-8-5-9(6-10(15)13(17)18)12(14)16-11(7)8/h2-5,10H,6,15H2,1H3,(H,17,18). The number of aryl methyl sites for hydroxylation is 1. The lowest BCUT2D eigenvalue weighted by atomic mass is 10.0. The molecule has 4 nitrogen and oxygen atoms in total. The van der Waals surface area contributed by atoms with Crippen molar-refractivity contribution >= 4 is 28.5 Å². The van der Waals surface area contributed by atoms with E-state index < -0.39 is 12.0 Å². The van der Waals surface area contributed by atoms with Crippen LogP contribution in [0.5, 0.6) is 0 Å². The fourth-order valence-corrected chi connectivity index (χ4v) is 2.05. The van der Waals surface area contributed by atoms with Gasteiger partial charge in [0, 0.05) is 11.8 Å². The number of benzene rings is 1. The summed E-state index contributed by atoms with van der Waals surface area (Å²) >= 11 is 6.06. The number of fused-ring (bicyclic) bond motifs is 1. The van der Waals surface area contributed by atoms with Gasteiger partial charge < -0.3 is 10.8 Å². The Kier molecular flexibility index (Phi) is 3.50. The number of carbonyl (C=O) groups is 1. The van der Waals surface area contributed by atoms with E-state index in [4.69, 9.17) is 22.4 Å². The first-order valence-electron chi connectivity index (χ1n) is 5.52. The fraction of sp³-hybridized carbons (Fsp3) is 0.231. The maximum absolute atomic E-state index is 10.7. The molecule has 0 saturated carbocycles. The number of pyridine rings is 1. The summed E-state index contributed by atoms with van der Waals surface area (Å²) < 4.78 is 0. The number of hydrogen-bond acceptors (Lipinski definition) is 3. The van der Waals surface area contributed by atoms with E-state index in [1.165, 1.54) is 0 Å². The summed E-state index contributed by atoms with van der Waals surface area (Å²) in [6.45, 7) is 1.95. The quantitative estimate of drug-likeness (QED) is 0.833. The fourth-order valence-electron chi connectivity index (χ4n) is 1.84. The van der Waals surface area contributed by atoms with Crippen molar-refractivity contribution in [3.05, 3.63) is 40.5 Å². The monoisotopic (exact) mass is 264 g/mol. The highest BCUT2D eigenvalue weighted by Gasteiger charge is 2.15. The largest absolute Gasteiger partial charge is 0.480 e. The third-order valence-electron chi connectivity index (χ3n) is 2.83. The predicted molar refractivity (Wildman–Crippen MR) is 70.8 cm³/mol. The first-order chi connectivity index (χ1) is 8.49. The number of nitrogens with zero attached hydrogens (tertiary/aromatic N) is 1. The smallest absolute Gasteiger partial charge is 0.320 e. The molecule has 2 rings (SSSR count). The summed E-state index contributed by atoms with van der Waals surface area (Å²) in [4.78, 5) is 15.0. The predicted octanol–water partition coefficient (Wildman–Crippen LogP) is 2.15. The van der Waals surface area contributed by atoms with Gasteiger partial charge in [-0.1, -0.05) is 29.8 Å². The van der Waals surface area contributed by atoms with E-state index in [2.05, 4.69) is 4.98 Å². The summed E-state index contributed by atoms with van der Waals surface area (Å²) in [7, 11) is 0. The Morgan fingerprint density at radius 1 is 1.56 bits per heavy atom. The first-order valence-corrected chi connectivity index (χ1v) is 5.90. The number of halogens is 1. The third kappa shape index (κ3) is 2.44. The van der Waals surface area contributed by atoms with Gasteiger partial charge in [0.1, 0.15) is 11.2 Å². The van der Waals surface area contributed by atoms with E-state index in [0.717, 1.165) is 16.5 Å². The van der Waals surface area contributed by atoms with Crippen molar-refractivity contribution in [1.82, 2.24) is 4.98 Å². The van der Waals surface area contributed by atoms with Gasteiger partial charge in [-0.25, -0.2) is 4.98 Å². The van der Waals surface area contributed by atoms with Crippen molar-refractivity contribution in [2.24, 2.45) is 5.73 Å². The maximum atomic E-state index is 10.7. The van der Waals surface area contributed by atoms with Crippen LogP contribution in [0.25, 0.3) is 10.9 Å². The van der Waals surface area contributed by atoms with Gasteiger partial charge in [0.2, 0.25) is 0 Å². The Bertz CT molecular complexity index is 613. The highest BCUT2D eigenvalue weighted by Crippen LogP contribution is 2.23. The number of para-hydroxylation sites is 1. The van der Waals surface area contributed by atoms with Crippen molar-refractivity contribution in [2.45, 2.75) is 19.4 Å². The number of carboxylic acids is 1. The van der Waals surface area contributed by atoms with Crippen LogP contribution in [0.2, 0.25) is 5.15 Å². The van der Waals surface area contributed by atoms with Gasteiger partial charge in [0.15, 0.2) is 0 Å². The summed E-state index contributed by atoms with van der Waals surface area (Å²) in [5.41, 5.74) is 8.02. The van der Waals surface area contributed by atoms with Gasteiger partial charge >= 0.3 is 5.97 Å². The minimum Gasteiger partial charge on any atom is -0.480 e. The van der Waals surface area contributed by atoms with Crippen LogP contribution in [0.3, 0.4) is 0 Å². The molecule has 5 heteroatoms. The second kappa shape index (κ2) is 4.92.